The number of aliphatic carboxylic acids is 1. The number of thiophene rings is 1. The molecule has 1 aromatic heterocycles. The van der Waals surface area contributed by atoms with Crippen molar-refractivity contribution in [3.05, 3.63) is 21.9 Å². The molecule has 0 aliphatic rings. The Labute approximate surface area is 155 Å². The van der Waals surface area contributed by atoms with Gasteiger partial charge in [-0.05, 0) is 37.8 Å². The second-order valence-corrected chi connectivity index (χ2v) is 7.90. The van der Waals surface area contributed by atoms with Crippen LogP contribution in [0.25, 0.3) is 0 Å². The summed E-state index contributed by atoms with van der Waals surface area (Å²) in [7, 11) is 0. The third-order valence-electron chi connectivity index (χ3n) is 4.69. The number of aromatic carboxylic acids is 1. The summed E-state index contributed by atoms with van der Waals surface area (Å²) in [6.07, 6.45) is 13.3. The summed E-state index contributed by atoms with van der Waals surface area (Å²) < 4.78 is 0. The first-order chi connectivity index (χ1) is 12.0. The number of unbranched alkanes of at least 4 members (excludes halogenated alkanes) is 8. The van der Waals surface area contributed by atoms with Crippen molar-refractivity contribution >= 4 is 23.3 Å². The van der Waals surface area contributed by atoms with Gasteiger partial charge < -0.3 is 10.2 Å². The van der Waals surface area contributed by atoms with Crippen LogP contribution in [0, 0.1) is 5.92 Å². The number of hydrogen-bond acceptors (Lipinski definition) is 3. The molecule has 1 rings (SSSR count). The third-order valence-corrected chi connectivity index (χ3v) is 5.82. The SMILES string of the molecule is CCC(CCCCCCCCCCCc1ccc(C(=O)O)s1)C(=O)O. The van der Waals surface area contributed by atoms with E-state index in [0.29, 0.717) is 4.88 Å². The number of hydrogen-bond donors (Lipinski definition) is 2. The first kappa shape index (κ1) is 21.7. The summed E-state index contributed by atoms with van der Waals surface area (Å²) in [6.45, 7) is 1.95. The molecular formula is C20H32O4S. The molecule has 0 fully saturated rings. The second-order valence-electron chi connectivity index (χ2n) is 6.74. The van der Waals surface area contributed by atoms with Gasteiger partial charge >= 0.3 is 11.9 Å². The van der Waals surface area contributed by atoms with Crippen molar-refractivity contribution in [2.45, 2.75) is 84.0 Å². The lowest BCUT2D eigenvalue weighted by molar-refractivity contribution is -0.142. The summed E-state index contributed by atoms with van der Waals surface area (Å²) in [5.74, 6) is -1.64. The van der Waals surface area contributed by atoms with Gasteiger partial charge in [0.25, 0.3) is 0 Å². The predicted molar refractivity (Wildman–Crippen MR) is 103 cm³/mol. The van der Waals surface area contributed by atoms with Gasteiger partial charge in [0, 0.05) is 4.88 Å². The molecule has 25 heavy (non-hydrogen) atoms. The topological polar surface area (TPSA) is 74.6 Å². The van der Waals surface area contributed by atoms with Crippen LogP contribution in [0.3, 0.4) is 0 Å². The molecule has 1 atom stereocenters. The summed E-state index contributed by atoms with van der Waals surface area (Å²) >= 11 is 1.39. The lowest BCUT2D eigenvalue weighted by atomic mass is 9.98. The molecule has 0 spiro atoms. The minimum absolute atomic E-state index is 0.157. The molecule has 1 unspecified atom stereocenters. The van der Waals surface area contributed by atoms with Gasteiger partial charge in [0.05, 0.1) is 5.92 Å². The van der Waals surface area contributed by atoms with E-state index >= 15 is 0 Å². The van der Waals surface area contributed by atoms with Crippen LogP contribution >= 0.6 is 11.3 Å². The first-order valence-corrected chi connectivity index (χ1v) is 10.4. The Morgan fingerprint density at radius 1 is 0.920 bits per heavy atom. The number of aryl methyl sites for hydroxylation is 1. The number of rotatable bonds is 15. The van der Waals surface area contributed by atoms with Crippen molar-refractivity contribution in [3.63, 3.8) is 0 Å². The van der Waals surface area contributed by atoms with Crippen LogP contribution in [-0.4, -0.2) is 22.2 Å². The Balaban J connectivity index is 1.90. The van der Waals surface area contributed by atoms with E-state index < -0.39 is 11.9 Å². The minimum Gasteiger partial charge on any atom is -0.481 e. The van der Waals surface area contributed by atoms with Gasteiger partial charge in [0.1, 0.15) is 4.88 Å². The largest absolute Gasteiger partial charge is 0.481 e. The van der Waals surface area contributed by atoms with Crippen molar-refractivity contribution in [1.82, 2.24) is 0 Å². The average molecular weight is 369 g/mol. The maximum Gasteiger partial charge on any atom is 0.345 e. The van der Waals surface area contributed by atoms with E-state index in [2.05, 4.69) is 0 Å². The maximum atomic E-state index is 10.9. The zero-order valence-corrected chi connectivity index (χ0v) is 16.2. The molecule has 5 heteroatoms. The summed E-state index contributed by atoms with van der Waals surface area (Å²) in [4.78, 5) is 23.3. The van der Waals surface area contributed by atoms with Crippen LogP contribution in [0.15, 0.2) is 12.1 Å². The van der Waals surface area contributed by atoms with E-state index in [4.69, 9.17) is 10.2 Å². The van der Waals surface area contributed by atoms with Crippen molar-refractivity contribution < 1.29 is 19.8 Å². The number of carboxylic acid groups (broad SMARTS) is 2. The second kappa shape index (κ2) is 12.9. The third kappa shape index (κ3) is 9.63. The molecule has 0 aliphatic carbocycles. The predicted octanol–water partition coefficient (Wildman–Crippen LogP) is 6.00. The van der Waals surface area contributed by atoms with Crippen molar-refractivity contribution in [3.8, 4) is 0 Å². The lowest BCUT2D eigenvalue weighted by Gasteiger charge is -2.08. The summed E-state index contributed by atoms with van der Waals surface area (Å²) in [6, 6.07) is 3.63. The molecule has 1 heterocycles. The van der Waals surface area contributed by atoms with Crippen molar-refractivity contribution in [2.75, 3.05) is 0 Å². The van der Waals surface area contributed by atoms with Crippen LogP contribution in [0.4, 0.5) is 0 Å². The minimum atomic E-state index is -0.829. The molecule has 0 saturated heterocycles. The van der Waals surface area contributed by atoms with Gasteiger partial charge in [-0.15, -0.1) is 11.3 Å². The van der Waals surface area contributed by atoms with E-state index in [9.17, 15) is 9.59 Å². The molecule has 4 nitrogen and oxygen atoms in total. The number of carboxylic acids is 2. The van der Waals surface area contributed by atoms with Gasteiger partial charge in [-0.2, -0.15) is 0 Å². The zero-order valence-electron chi connectivity index (χ0n) is 15.3. The molecule has 0 amide bonds. The molecule has 0 aromatic carbocycles. The fourth-order valence-electron chi connectivity index (χ4n) is 3.06. The van der Waals surface area contributed by atoms with Crippen molar-refractivity contribution in [1.29, 1.82) is 0 Å². The van der Waals surface area contributed by atoms with Gasteiger partial charge in [0.2, 0.25) is 0 Å². The van der Waals surface area contributed by atoms with E-state index in [0.717, 1.165) is 38.5 Å². The highest BCUT2D eigenvalue weighted by Crippen LogP contribution is 2.20. The first-order valence-electron chi connectivity index (χ1n) is 9.59. The lowest BCUT2D eigenvalue weighted by Crippen LogP contribution is -2.12. The highest BCUT2D eigenvalue weighted by molar-refractivity contribution is 7.13. The van der Waals surface area contributed by atoms with Gasteiger partial charge in [0.15, 0.2) is 0 Å². The Morgan fingerprint density at radius 3 is 1.96 bits per heavy atom. The molecule has 0 saturated carbocycles. The molecular weight excluding hydrogens is 336 g/mol. The maximum absolute atomic E-state index is 10.9. The fourth-order valence-corrected chi connectivity index (χ4v) is 3.95. The van der Waals surface area contributed by atoms with E-state index in [1.165, 1.54) is 54.7 Å². The molecule has 1 aromatic rings. The van der Waals surface area contributed by atoms with Gasteiger partial charge in [-0.1, -0.05) is 58.3 Å². The Morgan fingerprint density at radius 2 is 1.48 bits per heavy atom. The van der Waals surface area contributed by atoms with Crippen LogP contribution in [0.2, 0.25) is 0 Å². The summed E-state index contributed by atoms with van der Waals surface area (Å²) in [5, 5.41) is 17.9. The van der Waals surface area contributed by atoms with Crippen LogP contribution < -0.4 is 0 Å². The summed E-state index contributed by atoms with van der Waals surface area (Å²) in [5.41, 5.74) is 0. The quantitative estimate of drug-likeness (QED) is 0.372. The van der Waals surface area contributed by atoms with Gasteiger partial charge in [-0.25, -0.2) is 4.79 Å². The van der Waals surface area contributed by atoms with E-state index in [1.54, 1.807) is 6.07 Å². The van der Waals surface area contributed by atoms with Gasteiger partial charge in [-0.3, -0.25) is 4.79 Å². The zero-order chi connectivity index (χ0) is 18.5. The Bertz CT molecular complexity index is 510. The van der Waals surface area contributed by atoms with Crippen LogP contribution in [0.5, 0.6) is 0 Å². The molecule has 0 radical (unpaired) electrons. The molecule has 0 bridgehead atoms. The van der Waals surface area contributed by atoms with E-state index in [1.807, 2.05) is 13.0 Å². The Hall–Kier alpha value is -1.36. The monoisotopic (exact) mass is 368 g/mol. The number of carbonyl (C=O) groups is 2. The normalized spacial score (nSPS) is 12.2. The van der Waals surface area contributed by atoms with E-state index in [-0.39, 0.29) is 5.92 Å². The highest BCUT2D eigenvalue weighted by atomic mass is 32.1. The van der Waals surface area contributed by atoms with Crippen molar-refractivity contribution in [2.24, 2.45) is 5.92 Å². The standard InChI is InChI=1S/C20H32O4S/c1-2-16(19(21)22)12-10-8-6-4-3-5-7-9-11-13-17-14-15-18(25-17)20(23)24/h14-16H,2-13H2,1H3,(H,21,22)(H,23,24). The molecule has 2 N–H and O–H groups in total. The van der Waals surface area contributed by atoms with Crippen LogP contribution in [0.1, 0.15) is 92.1 Å². The molecule has 0 aliphatic heterocycles. The fraction of sp³-hybridized carbons (Fsp3) is 0.700. The Kier molecular flexibility index (Phi) is 11.2. The highest BCUT2D eigenvalue weighted by Gasteiger charge is 2.13. The molecule has 142 valence electrons. The average Bonchev–Trinajstić information content (AvgIpc) is 3.05. The van der Waals surface area contributed by atoms with Crippen LogP contribution in [-0.2, 0) is 11.2 Å². The smallest absolute Gasteiger partial charge is 0.345 e.